The molecule has 0 radical (unpaired) electrons. The Labute approximate surface area is 168 Å². The minimum absolute atomic E-state index is 0.252. The van der Waals surface area contributed by atoms with Crippen molar-refractivity contribution < 1.29 is 9.53 Å². The highest BCUT2D eigenvalue weighted by Crippen LogP contribution is 2.25. The van der Waals surface area contributed by atoms with E-state index in [0.717, 1.165) is 22.0 Å². The highest BCUT2D eigenvalue weighted by Gasteiger charge is 2.14. The summed E-state index contributed by atoms with van der Waals surface area (Å²) in [6.45, 7) is 3.98. The van der Waals surface area contributed by atoms with Gasteiger partial charge in [0.15, 0.2) is 5.82 Å². The Bertz CT molecular complexity index is 1220. The number of aromatic nitrogens is 3. The molecule has 0 spiro atoms. The molecule has 6 nitrogen and oxygen atoms in total. The minimum Gasteiger partial charge on any atom is -0.494 e. The van der Waals surface area contributed by atoms with Crippen LogP contribution in [0.3, 0.4) is 0 Å². The van der Waals surface area contributed by atoms with Crippen molar-refractivity contribution in [2.45, 2.75) is 13.8 Å². The third kappa shape index (κ3) is 3.78. The Hall–Kier alpha value is -3.80. The van der Waals surface area contributed by atoms with Gasteiger partial charge in [-0.25, -0.2) is 9.97 Å². The van der Waals surface area contributed by atoms with Gasteiger partial charge < -0.3 is 10.1 Å². The highest BCUT2D eigenvalue weighted by molar-refractivity contribution is 6.06. The first kappa shape index (κ1) is 18.6. The number of nitrogens with zero attached hydrogens (tertiary/aromatic N) is 3. The molecule has 1 N–H and O–H groups in total. The fourth-order valence-corrected chi connectivity index (χ4v) is 3.15. The maximum absolute atomic E-state index is 12.6. The lowest BCUT2D eigenvalue weighted by Crippen LogP contribution is -2.14. The van der Waals surface area contributed by atoms with Crippen LogP contribution in [0, 0.1) is 13.8 Å². The molecule has 0 saturated heterocycles. The fourth-order valence-electron chi connectivity index (χ4n) is 3.15. The van der Waals surface area contributed by atoms with Gasteiger partial charge in [0.05, 0.1) is 24.4 Å². The number of pyridine rings is 1. The van der Waals surface area contributed by atoms with Crippen molar-refractivity contribution in [3.8, 4) is 17.1 Å². The molecule has 0 fully saturated rings. The zero-order valence-electron chi connectivity index (χ0n) is 16.4. The summed E-state index contributed by atoms with van der Waals surface area (Å²) in [6, 6.07) is 13.5. The smallest absolute Gasteiger partial charge is 0.259 e. The second-order valence-corrected chi connectivity index (χ2v) is 6.82. The molecule has 144 valence electrons. The number of aryl methyl sites for hydroxylation is 2. The third-order valence-corrected chi connectivity index (χ3v) is 4.72. The van der Waals surface area contributed by atoms with Crippen molar-refractivity contribution in [1.29, 1.82) is 0 Å². The summed E-state index contributed by atoms with van der Waals surface area (Å²) < 4.78 is 5.21. The topological polar surface area (TPSA) is 77.0 Å². The van der Waals surface area contributed by atoms with E-state index in [1.165, 1.54) is 18.9 Å². The third-order valence-electron chi connectivity index (χ3n) is 4.72. The second kappa shape index (κ2) is 7.67. The van der Waals surface area contributed by atoms with Gasteiger partial charge in [-0.1, -0.05) is 11.6 Å². The van der Waals surface area contributed by atoms with E-state index in [-0.39, 0.29) is 5.91 Å². The average Bonchev–Trinajstić information content (AvgIpc) is 2.74. The highest BCUT2D eigenvalue weighted by atomic mass is 16.5. The summed E-state index contributed by atoms with van der Waals surface area (Å²) in [4.78, 5) is 25.8. The van der Waals surface area contributed by atoms with Crippen LogP contribution >= 0.6 is 0 Å². The van der Waals surface area contributed by atoms with Crippen LogP contribution in [0.4, 0.5) is 5.69 Å². The van der Waals surface area contributed by atoms with Crippen molar-refractivity contribution in [3.63, 3.8) is 0 Å². The SMILES string of the molecule is COc1cnccc1C(=O)Nc1ccc(-c2ncc3cc(C)ccc3n2)cc1C. The molecule has 0 aliphatic heterocycles. The summed E-state index contributed by atoms with van der Waals surface area (Å²) in [5.74, 6) is 0.828. The molecule has 2 aromatic heterocycles. The zero-order valence-corrected chi connectivity index (χ0v) is 16.4. The van der Waals surface area contributed by atoms with Crippen LogP contribution in [0.2, 0.25) is 0 Å². The van der Waals surface area contributed by atoms with Crippen LogP contribution in [-0.2, 0) is 0 Å². The van der Waals surface area contributed by atoms with Crippen molar-refractivity contribution in [2.75, 3.05) is 12.4 Å². The number of carbonyl (C=O) groups excluding carboxylic acids is 1. The molecule has 0 aliphatic rings. The van der Waals surface area contributed by atoms with E-state index in [0.29, 0.717) is 22.8 Å². The maximum atomic E-state index is 12.6. The van der Waals surface area contributed by atoms with Crippen molar-refractivity contribution in [2.24, 2.45) is 0 Å². The molecule has 0 unspecified atom stereocenters. The predicted octanol–water partition coefficient (Wildman–Crippen LogP) is 4.57. The molecule has 4 aromatic rings. The molecule has 0 atom stereocenters. The number of methoxy groups -OCH3 is 1. The van der Waals surface area contributed by atoms with E-state index >= 15 is 0 Å². The molecule has 1 amide bonds. The number of fused-ring (bicyclic) bond motifs is 1. The van der Waals surface area contributed by atoms with Crippen LogP contribution in [0.25, 0.3) is 22.3 Å². The second-order valence-electron chi connectivity index (χ2n) is 6.82. The Balaban J connectivity index is 1.61. The minimum atomic E-state index is -0.252. The van der Waals surface area contributed by atoms with Gasteiger partial charge in [0, 0.05) is 29.0 Å². The summed E-state index contributed by atoms with van der Waals surface area (Å²) >= 11 is 0. The quantitative estimate of drug-likeness (QED) is 0.558. The number of nitrogens with one attached hydrogen (secondary N) is 1. The first-order valence-corrected chi connectivity index (χ1v) is 9.19. The molecule has 6 heteroatoms. The standard InChI is InChI=1S/C23H20N4O2/c1-14-4-6-20-17(10-14)12-25-22(26-20)16-5-7-19(15(2)11-16)27-23(28)18-8-9-24-13-21(18)29-3/h4-13H,1-3H3,(H,27,28). The van der Waals surface area contributed by atoms with Gasteiger partial charge in [0.25, 0.3) is 5.91 Å². The number of hydrogen-bond acceptors (Lipinski definition) is 5. The Morgan fingerprint density at radius 1 is 1.03 bits per heavy atom. The van der Waals surface area contributed by atoms with Gasteiger partial charge in [-0.2, -0.15) is 0 Å². The first-order valence-electron chi connectivity index (χ1n) is 9.19. The number of carbonyl (C=O) groups is 1. The molecule has 4 rings (SSSR count). The lowest BCUT2D eigenvalue weighted by atomic mass is 10.1. The molecular formula is C23H20N4O2. The van der Waals surface area contributed by atoms with E-state index in [2.05, 4.69) is 26.3 Å². The van der Waals surface area contributed by atoms with Crippen molar-refractivity contribution in [3.05, 3.63) is 77.7 Å². The van der Waals surface area contributed by atoms with E-state index in [1.807, 2.05) is 50.4 Å². The lowest BCUT2D eigenvalue weighted by molar-refractivity contribution is 0.102. The van der Waals surface area contributed by atoms with Crippen molar-refractivity contribution >= 4 is 22.5 Å². The van der Waals surface area contributed by atoms with Gasteiger partial charge >= 0.3 is 0 Å². The number of hydrogen-bond donors (Lipinski definition) is 1. The fraction of sp³-hybridized carbons (Fsp3) is 0.130. The van der Waals surface area contributed by atoms with E-state index in [1.54, 1.807) is 12.3 Å². The maximum Gasteiger partial charge on any atom is 0.259 e. The molecule has 0 bridgehead atoms. The number of amides is 1. The number of rotatable bonds is 4. The van der Waals surface area contributed by atoms with Gasteiger partial charge in [-0.3, -0.25) is 9.78 Å². The Morgan fingerprint density at radius 2 is 1.90 bits per heavy atom. The average molecular weight is 384 g/mol. The van der Waals surface area contributed by atoms with Crippen LogP contribution in [-0.4, -0.2) is 28.0 Å². The summed E-state index contributed by atoms with van der Waals surface area (Å²) in [5.41, 5.74) is 5.03. The van der Waals surface area contributed by atoms with Crippen LogP contribution in [0.5, 0.6) is 5.75 Å². The van der Waals surface area contributed by atoms with E-state index in [4.69, 9.17) is 4.74 Å². The van der Waals surface area contributed by atoms with Gasteiger partial charge in [-0.15, -0.1) is 0 Å². The van der Waals surface area contributed by atoms with Crippen LogP contribution in [0.15, 0.2) is 61.1 Å². The largest absolute Gasteiger partial charge is 0.494 e. The molecule has 2 aromatic carbocycles. The Kier molecular flexibility index (Phi) is 4.91. The molecular weight excluding hydrogens is 364 g/mol. The van der Waals surface area contributed by atoms with Crippen LogP contribution in [0.1, 0.15) is 21.5 Å². The first-order chi connectivity index (χ1) is 14.0. The predicted molar refractivity (Wildman–Crippen MR) is 113 cm³/mol. The van der Waals surface area contributed by atoms with Gasteiger partial charge in [0.2, 0.25) is 0 Å². The lowest BCUT2D eigenvalue weighted by Gasteiger charge is -2.12. The van der Waals surface area contributed by atoms with E-state index < -0.39 is 0 Å². The number of benzene rings is 2. The Morgan fingerprint density at radius 3 is 2.69 bits per heavy atom. The molecule has 29 heavy (non-hydrogen) atoms. The molecule has 2 heterocycles. The molecule has 0 aliphatic carbocycles. The normalized spacial score (nSPS) is 10.7. The molecule has 0 saturated carbocycles. The summed E-state index contributed by atoms with van der Waals surface area (Å²) in [7, 11) is 1.51. The summed E-state index contributed by atoms with van der Waals surface area (Å²) in [5, 5.41) is 3.94. The zero-order chi connectivity index (χ0) is 20.4. The monoisotopic (exact) mass is 384 g/mol. The van der Waals surface area contributed by atoms with Crippen molar-refractivity contribution in [1.82, 2.24) is 15.0 Å². The number of ether oxygens (including phenoxy) is 1. The summed E-state index contributed by atoms with van der Waals surface area (Å²) in [6.07, 6.45) is 4.92. The number of anilines is 1. The van der Waals surface area contributed by atoms with Gasteiger partial charge in [-0.05, 0) is 55.8 Å². The van der Waals surface area contributed by atoms with Crippen LogP contribution < -0.4 is 10.1 Å². The van der Waals surface area contributed by atoms with Gasteiger partial charge in [0.1, 0.15) is 5.75 Å². The van der Waals surface area contributed by atoms with E-state index in [9.17, 15) is 4.79 Å².